The Kier molecular flexibility index (Phi) is 5.87. The van der Waals surface area contributed by atoms with Crippen molar-refractivity contribution < 1.29 is 19.2 Å². The number of nitrogens with zero attached hydrogens (tertiary/aromatic N) is 2. The van der Waals surface area contributed by atoms with E-state index in [4.69, 9.17) is 9.47 Å². The van der Waals surface area contributed by atoms with Crippen LogP contribution in [0.2, 0.25) is 0 Å². The first kappa shape index (κ1) is 18.7. The van der Waals surface area contributed by atoms with Gasteiger partial charge in [0.15, 0.2) is 6.10 Å². The largest absolute Gasteiger partial charge is 0.481 e. The van der Waals surface area contributed by atoms with Gasteiger partial charge in [-0.05, 0) is 37.3 Å². The molecule has 0 aliphatic carbocycles. The summed E-state index contributed by atoms with van der Waals surface area (Å²) in [4.78, 5) is 24.9. The second-order valence-electron chi connectivity index (χ2n) is 6.15. The van der Waals surface area contributed by atoms with Gasteiger partial charge in [0.05, 0.1) is 24.2 Å². The van der Waals surface area contributed by atoms with Crippen LogP contribution in [0.25, 0.3) is 0 Å². The Morgan fingerprint density at radius 2 is 1.93 bits per heavy atom. The quantitative estimate of drug-likeness (QED) is 0.620. The van der Waals surface area contributed by atoms with Crippen LogP contribution in [-0.2, 0) is 9.53 Å². The van der Waals surface area contributed by atoms with E-state index < -0.39 is 11.0 Å². The van der Waals surface area contributed by atoms with Gasteiger partial charge in [-0.25, -0.2) is 0 Å². The maximum absolute atomic E-state index is 12.3. The molecule has 8 nitrogen and oxygen atoms in total. The Balaban J connectivity index is 1.57. The first-order chi connectivity index (χ1) is 13.0. The zero-order valence-electron chi connectivity index (χ0n) is 15.0. The van der Waals surface area contributed by atoms with Gasteiger partial charge >= 0.3 is 0 Å². The van der Waals surface area contributed by atoms with Crippen LogP contribution in [0.5, 0.6) is 5.75 Å². The van der Waals surface area contributed by atoms with Crippen molar-refractivity contribution in [2.24, 2.45) is 0 Å². The molecule has 0 unspecified atom stereocenters. The molecule has 2 aromatic rings. The second-order valence-corrected chi connectivity index (χ2v) is 6.15. The van der Waals surface area contributed by atoms with Gasteiger partial charge in [0.25, 0.3) is 11.6 Å². The maximum Gasteiger partial charge on any atom is 0.273 e. The number of nitro benzene ring substituents is 1. The fourth-order valence-corrected chi connectivity index (χ4v) is 2.75. The summed E-state index contributed by atoms with van der Waals surface area (Å²) < 4.78 is 10.9. The van der Waals surface area contributed by atoms with E-state index in [2.05, 4.69) is 10.2 Å². The van der Waals surface area contributed by atoms with Crippen molar-refractivity contribution in [1.29, 1.82) is 0 Å². The Bertz CT molecular complexity index is 803. The summed E-state index contributed by atoms with van der Waals surface area (Å²) in [7, 11) is 0. The van der Waals surface area contributed by atoms with Gasteiger partial charge in [-0.1, -0.05) is 6.07 Å². The van der Waals surface area contributed by atoms with Crippen molar-refractivity contribution in [2.75, 3.05) is 36.5 Å². The number of ether oxygens (including phenoxy) is 2. The number of hydrogen-bond acceptors (Lipinski definition) is 6. The Hall–Kier alpha value is -3.13. The standard InChI is InChI=1S/C19H21N3O5/c1-14(27-18-4-2-3-17(13-18)22(24)25)19(23)20-15-5-7-16(8-6-15)21-9-11-26-12-10-21/h2-8,13-14H,9-12H2,1H3,(H,20,23)/t14-/m0/s1. The van der Waals surface area contributed by atoms with E-state index in [1.54, 1.807) is 13.0 Å². The normalized spacial score (nSPS) is 15.1. The zero-order valence-corrected chi connectivity index (χ0v) is 15.0. The molecule has 0 spiro atoms. The van der Waals surface area contributed by atoms with Crippen molar-refractivity contribution in [2.45, 2.75) is 13.0 Å². The number of rotatable bonds is 6. The lowest BCUT2D eigenvalue weighted by Gasteiger charge is -2.29. The lowest BCUT2D eigenvalue weighted by atomic mass is 10.2. The molecule has 0 aromatic heterocycles. The number of anilines is 2. The van der Waals surface area contributed by atoms with Crippen molar-refractivity contribution in [3.63, 3.8) is 0 Å². The molecule has 2 aromatic carbocycles. The third-order valence-corrected chi connectivity index (χ3v) is 4.22. The average Bonchev–Trinajstić information content (AvgIpc) is 2.69. The maximum atomic E-state index is 12.3. The van der Waals surface area contributed by atoms with E-state index in [9.17, 15) is 14.9 Å². The third kappa shape index (κ3) is 4.95. The smallest absolute Gasteiger partial charge is 0.273 e. The zero-order chi connectivity index (χ0) is 19.2. The highest BCUT2D eigenvalue weighted by Crippen LogP contribution is 2.21. The summed E-state index contributed by atoms with van der Waals surface area (Å²) in [5.41, 5.74) is 1.66. The van der Waals surface area contributed by atoms with Gasteiger partial charge in [-0.3, -0.25) is 14.9 Å². The van der Waals surface area contributed by atoms with Gasteiger partial charge in [-0.2, -0.15) is 0 Å². The first-order valence-corrected chi connectivity index (χ1v) is 8.67. The number of non-ortho nitro benzene ring substituents is 1. The monoisotopic (exact) mass is 371 g/mol. The van der Waals surface area contributed by atoms with Gasteiger partial charge in [0.1, 0.15) is 5.75 Å². The number of carbonyl (C=O) groups excluding carboxylic acids is 1. The summed E-state index contributed by atoms with van der Waals surface area (Å²) in [5, 5.41) is 13.6. The number of carbonyl (C=O) groups is 1. The van der Waals surface area contributed by atoms with E-state index in [0.29, 0.717) is 18.9 Å². The lowest BCUT2D eigenvalue weighted by Crippen LogP contribution is -2.36. The molecule has 142 valence electrons. The van der Waals surface area contributed by atoms with E-state index in [-0.39, 0.29) is 17.3 Å². The number of nitrogens with one attached hydrogen (secondary N) is 1. The molecule has 1 aliphatic rings. The number of nitro groups is 1. The fourth-order valence-electron chi connectivity index (χ4n) is 2.75. The molecule has 1 heterocycles. The van der Waals surface area contributed by atoms with E-state index in [0.717, 1.165) is 18.8 Å². The van der Waals surface area contributed by atoms with E-state index in [1.165, 1.54) is 18.2 Å². The second kappa shape index (κ2) is 8.50. The molecule has 1 amide bonds. The molecule has 1 atom stereocenters. The molecule has 0 radical (unpaired) electrons. The molecule has 8 heteroatoms. The van der Waals surface area contributed by atoms with Crippen LogP contribution in [0.1, 0.15) is 6.92 Å². The van der Waals surface area contributed by atoms with E-state index >= 15 is 0 Å². The van der Waals surface area contributed by atoms with Crippen molar-refractivity contribution >= 4 is 23.0 Å². The van der Waals surface area contributed by atoms with Crippen LogP contribution in [0.3, 0.4) is 0 Å². The highest BCUT2D eigenvalue weighted by molar-refractivity contribution is 5.94. The number of morpholine rings is 1. The number of amides is 1. The van der Waals surface area contributed by atoms with Crippen LogP contribution in [-0.4, -0.2) is 43.2 Å². The summed E-state index contributed by atoms with van der Waals surface area (Å²) in [6.07, 6.45) is -0.800. The highest BCUT2D eigenvalue weighted by atomic mass is 16.6. The Labute approximate surface area is 156 Å². The van der Waals surface area contributed by atoms with Crippen molar-refractivity contribution in [3.05, 3.63) is 58.6 Å². The molecule has 1 N–H and O–H groups in total. The third-order valence-electron chi connectivity index (χ3n) is 4.22. The van der Waals surface area contributed by atoms with Gasteiger partial charge in [-0.15, -0.1) is 0 Å². The van der Waals surface area contributed by atoms with Gasteiger partial charge in [0, 0.05) is 30.5 Å². The topological polar surface area (TPSA) is 93.9 Å². The summed E-state index contributed by atoms with van der Waals surface area (Å²) in [6.45, 7) is 4.71. The molecule has 1 fully saturated rings. The predicted octanol–water partition coefficient (Wildman–Crippen LogP) is 2.84. The minimum atomic E-state index is -0.800. The van der Waals surface area contributed by atoms with Gasteiger partial charge in [0.2, 0.25) is 0 Å². The minimum absolute atomic E-state index is 0.0844. The highest BCUT2D eigenvalue weighted by Gasteiger charge is 2.17. The SMILES string of the molecule is C[C@H](Oc1cccc([N+](=O)[O-])c1)C(=O)Nc1ccc(N2CCOCC2)cc1. The fraction of sp³-hybridized carbons (Fsp3) is 0.316. The first-order valence-electron chi connectivity index (χ1n) is 8.67. The van der Waals surface area contributed by atoms with E-state index in [1.807, 2.05) is 24.3 Å². The van der Waals surface area contributed by atoms with Crippen LogP contribution in [0.15, 0.2) is 48.5 Å². The van der Waals surface area contributed by atoms with Crippen LogP contribution < -0.4 is 15.0 Å². The Morgan fingerprint density at radius 1 is 1.22 bits per heavy atom. The molecule has 3 rings (SSSR count). The number of benzene rings is 2. The molecule has 0 bridgehead atoms. The summed E-state index contributed by atoms with van der Waals surface area (Å²) >= 11 is 0. The number of hydrogen-bond donors (Lipinski definition) is 1. The Morgan fingerprint density at radius 3 is 2.59 bits per heavy atom. The molecule has 1 aliphatic heterocycles. The minimum Gasteiger partial charge on any atom is -0.481 e. The molecule has 1 saturated heterocycles. The lowest BCUT2D eigenvalue weighted by molar-refractivity contribution is -0.384. The van der Waals surface area contributed by atoms with Crippen LogP contribution >= 0.6 is 0 Å². The van der Waals surface area contributed by atoms with Gasteiger partial charge < -0.3 is 19.7 Å². The van der Waals surface area contributed by atoms with Crippen molar-refractivity contribution in [1.82, 2.24) is 0 Å². The molecular weight excluding hydrogens is 350 g/mol. The molecular formula is C19H21N3O5. The summed E-state index contributed by atoms with van der Waals surface area (Å²) in [5.74, 6) is -0.0601. The predicted molar refractivity (Wildman–Crippen MR) is 101 cm³/mol. The molecule has 27 heavy (non-hydrogen) atoms. The van der Waals surface area contributed by atoms with Crippen molar-refractivity contribution in [3.8, 4) is 5.75 Å². The average molecular weight is 371 g/mol. The summed E-state index contributed by atoms with van der Waals surface area (Å²) in [6, 6.07) is 13.3. The molecule has 0 saturated carbocycles. The van der Waals surface area contributed by atoms with Crippen LogP contribution in [0, 0.1) is 10.1 Å². The van der Waals surface area contributed by atoms with Crippen LogP contribution in [0.4, 0.5) is 17.1 Å².